The van der Waals surface area contributed by atoms with Crippen molar-refractivity contribution < 1.29 is 4.79 Å². The number of hydrogen-bond acceptors (Lipinski definition) is 3. The number of amides is 1. The summed E-state index contributed by atoms with van der Waals surface area (Å²) in [5, 5.41) is 3.77. The van der Waals surface area contributed by atoms with Crippen LogP contribution in [0.15, 0.2) is 41.5 Å². The van der Waals surface area contributed by atoms with Gasteiger partial charge in [-0.3, -0.25) is 9.59 Å². The van der Waals surface area contributed by atoms with Crippen LogP contribution in [0.25, 0.3) is 22.3 Å². The summed E-state index contributed by atoms with van der Waals surface area (Å²) in [5.41, 5.74) is 2.07. The number of rotatable bonds is 4. The molecule has 2 N–H and O–H groups in total. The molecule has 0 saturated carbocycles. The lowest BCUT2D eigenvalue weighted by atomic mass is 10.1. The summed E-state index contributed by atoms with van der Waals surface area (Å²) in [5.74, 6) is 0.371. The van der Waals surface area contributed by atoms with E-state index in [0.29, 0.717) is 11.4 Å². The number of benzene rings is 1. The zero-order valence-electron chi connectivity index (χ0n) is 14.0. The fraction of sp³-hybridized carbons (Fsp3) is 0.278. The van der Waals surface area contributed by atoms with Crippen molar-refractivity contribution in [3.8, 4) is 11.4 Å². The molecule has 2 heterocycles. The van der Waals surface area contributed by atoms with Crippen LogP contribution in [-0.4, -0.2) is 26.5 Å². The average Bonchev–Trinajstić information content (AvgIpc) is 2.94. The largest absolute Gasteiger partial charge is 0.352 e. The molecule has 0 radical (unpaired) electrons. The Hall–Kier alpha value is -2.89. The molecule has 6 heteroatoms. The smallest absolute Gasteiger partial charge is 0.259 e. The van der Waals surface area contributed by atoms with Crippen LogP contribution in [0, 0.1) is 6.92 Å². The highest BCUT2D eigenvalue weighted by Crippen LogP contribution is 2.20. The third kappa shape index (κ3) is 3.08. The highest BCUT2D eigenvalue weighted by molar-refractivity contribution is 5.85. The lowest BCUT2D eigenvalue weighted by molar-refractivity contribution is -0.122. The first-order chi connectivity index (χ1) is 11.5. The molecule has 0 unspecified atom stereocenters. The first-order valence-corrected chi connectivity index (χ1v) is 7.89. The van der Waals surface area contributed by atoms with E-state index < -0.39 is 0 Å². The van der Waals surface area contributed by atoms with Crippen molar-refractivity contribution in [2.45, 2.75) is 33.4 Å². The van der Waals surface area contributed by atoms with Crippen molar-refractivity contribution in [2.24, 2.45) is 0 Å². The minimum Gasteiger partial charge on any atom is -0.352 e. The molecule has 0 atom stereocenters. The average molecular weight is 324 g/mol. The molecule has 0 aliphatic carbocycles. The number of carbonyl (C=O) groups excluding carboxylic acids is 1. The van der Waals surface area contributed by atoms with Gasteiger partial charge in [0.05, 0.1) is 11.1 Å². The van der Waals surface area contributed by atoms with Crippen LogP contribution in [0.3, 0.4) is 0 Å². The maximum atomic E-state index is 12.5. The van der Waals surface area contributed by atoms with Gasteiger partial charge in [0, 0.05) is 18.4 Å². The molecule has 3 rings (SSSR count). The number of imidazole rings is 1. The van der Waals surface area contributed by atoms with Gasteiger partial charge in [0.2, 0.25) is 5.91 Å². The Morgan fingerprint density at radius 3 is 2.92 bits per heavy atom. The van der Waals surface area contributed by atoms with Gasteiger partial charge in [-0.25, -0.2) is 4.98 Å². The Balaban J connectivity index is 2.03. The lowest BCUT2D eigenvalue weighted by Crippen LogP contribution is -2.33. The van der Waals surface area contributed by atoms with Gasteiger partial charge in [-0.05, 0) is 37.8 Å². The molecule has 6 nitrogen and oxygen atoms in total. The highest BCUT2D eigenvalue weighted by atomic mass is 16.2. The molecule has 3 aromatic rings. The second-order valence-electron chi connectivity index (χ2n) is 6.15. The van der Waals surface area contributed by atoms with Gasteiger partial charge in [-0.1, -0.05) is 18.2 Å². The standard InChI is InChI=1S/C18H20N4O2/c1-11(2)20-15(23)10-22-8-7-19-17(22)14-9-13-6-4-5-12(3)16(13)21-18(14)24/h4-9,11H,10H2,1-3H3,(H,20,23)(H,21,24). The van der Waals surface area contributed by atoms with Crippen molar-refractivity contribution in [2.75, 3.05) is 0 Å². The van der Waals surface area contributed by atoms with E-state index in [1.54, 1.807) is 17.0 Å². The molecule has 0 spiro atoms. The molecular weight excluding hydrogens is 304 g/mol. The molecule has 2 aromatic heterocycles. The van der Waals surface area contributed by atoms with E-state index in [9.17, 15) is 9.59 Å². The van der Waals surface area contributed by atoms with Crippen LogP contribution in [0.2, 0.25) is 0 Å². The number of nitrogens with zero attached hydrogens (tertiary/aromatic N) is 2. The van der Waals surface area contributed by atoms with E-state index in [1.807, 2.05) is 45.0 Å². The third-order valence-electron chi connectivity index (χ3n) is 3.81. The fourth-order valence-corrected chi connectivity index (χ4v) is 2.75. The van der Waals surface area contributed by atoms with Crippen molar-refractivity contribution in [1.82, 2.24) is 19.9 Å². The Kier molecular flexibility index (Phi) is 4.20. The number of para-hydroxylation sites is 1. The summed E-state index contributed by atoms with van der Waals surface area (Å²) >= 11 is 0. The summed E-state index contributed by atoms with van der Waals surface area (Å²) in [6.07, 6.45) is 3.30. The van der Waals surface area contributed by atoms with Gasteiger partial charge in [0.25, 0.3) is 5.56 Å². The first-order valence-electron chi connectivity index (χ1n) is 7.89. The van der Waals surface area contributed by atoms with Gasteiger partial charge < -0.3 is 14.9 Å². The fourth-order valence-electron chi connectivity index (χ4n) is 2.75. The van der Waals surface area contributed by atoms with Gasteiger partial charge in [-0.2, -0.15) is 0 Å². The van der Waals surface area contributed by atoms with Crippen LogP contribution in [0.1, 0.15) is 19.4 Å². The van der Waals surface area contributed by atoms with E-state index >= 15 is 0 Å². The molecule has 124 valence electrons. The van der Waals surface area contributed by atoms with E-state index in [4.69, 9.17) is 0 Å². The molecule has 1 amide bonds. The van der Waals surface area contributed by atoms with Crippen LogP contribution >= 0.6 is 0 Å². The van der Waals surface area contributed by atoms with Crippen LogP contribution in [0.5, 0.6) is 0 Å². The Labute approximate surface area is 139 Å². The Bertz CT molecular complexity index is 953. The van der Waals surface area contributed by atoms with E-state index in [0.717, 1.165) is 16.5 Å². The van der Waals surface area contributed by atoms with Gasteiger partial charge in [-0.15, -0.1) is 0 Å². The van der Waals surface area contributed by atoms with Crippen LogP contribution in [0.4, 0.5) is 0 Å². The lowest BCUT2D eigenvalue weighted by Gasteiger charge is -2.11. The predicted molar refractivity (Wildman–Crippen MR) is 93.8 cm³/mol. The summed E-state index contributed by atoms with van der Waals surface area (Å²) in [7, 11) is 0. The topological polar surface area (TPSA) is 79.8 Å². The summed E-state index contributed by atoms with van der Waals surface area (Å²) < 4.78 is 1.68. The Morgan fingerprint density at radius 2 is 2.17 bits per heavy atom. The summed E-state index contributed by atoms with van der Waals surface area (Å²) in [4.78, 5) is 31.7. The number of pyridine rings is 1. The number of fused-ring (bicyclic) bond motifs is 1. The normalized spacial score (nSPS) is 11.2. The predicted octanol–water partition coefficient (Wildman–Crippen LogP) is 2.22. The van der Waals surface area contributed by atoms with Crippen molar-refractivity contribution >= 4 is 16.8 Å². The molecule has 1 aromatic carbocycles. The van der Waals surface area contributed by atoms with Crippen LogP contribution < -0.4 is 10.9 Å². The Morgan fingerprint density at radius 1 is 1.38 bits per heavy atom. The van der Waals surface area contributed by atoms with Gasteiger partial charge >= 0.3 is 0 Å². The highest BCUT2D eigenvalue weighted by Gasteiger charge is 2.14. The van der Waals surface area contributed by atoms with Crippen molar-refractivity contribution in [1.29, 1.82) is 0 Å². The maximum absolute atomic E-state index is 12.5. The first kappa shape index (κ1) is 16.0. The SMILES string of the molecule is Cc1cccc2cc(-c3nccn3CC(=O)NC(C)C)c(=O)[nH]c12. The number of H-pyrrole nitrogens is 1. The molecule has 0 fully saturated rings. The maximum Gasteiger partial charge on any atom is 0.259 e. The van der Waals surface area contributed by atoms with E-state index in [-0.39, 0.29) is 24.1 Å². The third-order valence-corrected chi connectivity index (χ3v) is 3.81. The van der Waals surface area contributed by atoms with E-state index in [1.165, 1.54) is 0 Å². The molecule has 24 heavy (non-hydrogen) atoms. The second kappa shape index (κ2) is 6.31. The molecular formula is C18H20N4O2. The monoisotopic (exact) mass is 324 g/mol. The summed E-state index contributed by atoms with van der Waals surface area (Å²) in [6, 6.07) is 7.73. The zero-order chi connectivity index (χ0) is 17.3. The summed E-state index contributed by atoms with van der Waals surface area (Å²) in [6.45, 7) is 5.89. The zero-order valence-corrected chi connectivity index (χ0v) is 14.0. The van der Waals surface area contributed by atoms with Crippen LogP contribution in [-0.2, 0) is 11.3 Å². The number of aromatic nitrogens is 3. The number of aryl methyl sites for hydroxylation is 1. The van der Waals surface area contributed by atoms with Gasteiger partial charge in [0.15, 0.2) is 0 Å². The minimum atomic E-state index is -0.214. The number of aromatic amines is 1. The molecule has 0 saturated heterocycles. The molecule has 0 bridgehead atoms. The number of hydrogen-bond donors (Lipinski definition) is 2. The number of nitrogens with one attached hydrogen (secondary N) is 2. The van der Waals surface area contributed by atoms with E-state index in [2.05, 4.69) is 15.3 Å². The quantitative estimate of drug-likeness (QED) is 0.772. The number of carbonyl (C=O) groups is 1. The van der Waals surface area contributed by atoms with Crippen molar-refractivity contribution in [3.05, 3.63) is 52.6 Å². The second-order valence-corrected chi connectivity index (χ2v) is 6.15. The molecule has 0 aliphatic rings. The molecule has 0 aliphatic heterocycles. The van der Waals surface area contributed by atoms with Crippen molar-refractivity contribution in [3.63, 3.8) is 0 Å². The minimum absolute atomic E-state index is 0.0662. The van der Waals surface area contributed by atoms with Gasteiger partial charge in [0.1, 0.15) is 12.4 Å².